The van der Waals surface area contributed by atoms with E-state index < -0.39 is 9.84 Å². The second-order valence-electron chi connectivity index (χ2n) is 6.18. The molecule has 2 saturated heterocycles. The smallest absolute Gasteiger partial charge is 0.266 e. The van der Waals surface area contributed by atoms with Gasteiger partial charge in [-0.1, -0.05) is 66.4 Å². The lowest BCUT2D eigenvalue weighted by atomic mass is 10.0. The number of rotatable bonds is 2. The fourth-order valence-electron chi connectivity index (χ4n) is 3.29. The number of thiocarbonyl (C=S) groups is 1. The van der Waals surface area contributed by atoms with E-state index in [4.69, 9.17) is 12.2 Å². The standard InChI is InChI=1S/C18H15NO3S3/c20-17-16(10-13-6-3-5-12-4-1-2-7-15(12)13)24-18(23)19(17)14-8-9-25(21,22)11-14/h1-7,10,14H,8-9,11H2/b16-10-/t14-/m0/s1. The molecule has 0 bridgehead atoms. The van der Waals surface area contributed by atoms with E-state index in [0.717, 1.165) is 16.3 Å². The highest BCUT2D eigenvalue weighted by atomic mass is 32.2. The van der Waals surface area contributed by atoms with Gasteiger partial charge in [0.25, 0.3) is 5.91 Å². The van der Waals surface area contributed by atoms with Crippen LogP contribution in [-0.4, -0.2) is 41.1 Å². The summed E-state index contributed by atoms with van der Waals surface area (Å²) in [5, 5.41) is 2.17. The third kappa shape index (κ3) is 3.12. The highest BCUT2D eigenvalue weighted by molar-refractivity contribution is 8.26. The maximum absolute atomic E-state index is 12.8. The van der Waals surface area contributed by atoms with E-state index in [0.29, 0.717) is 15.6 Å². The third-order valence-corrected chi connectivity index (χ3v) is 7.59. The van der Waals surface area contributed by atoms with Gasteiger partial charge >= 0.3 is 0 Å². The topological polar surface area (TPSA) is 54.5 Å². The molecule has 0 spiro atoms. The minimum absolute atomic E-state index is 0.000980. The number of hydrogen-bond acceptors (Lipinski definition) is 5. The number of benzene rings is 2. The summed E-state index contributed by atoms with van der Waals surface area (Å²) in [4.78, 5) is 14.8. The summed E-state index contributed by atoms with van der Waals surface area (Å²) in [7, 11) is -3.07. The molecule has 1 atom stereocenters. The molecule has 0 saturated carbocycles. The Balaban J connectivity index is 1.69. The molecule has 4 rings (SSSR count). The van der Waals surface area contributed by atoms with E-state index in [9.17, 15) is 13.2 Å². The van der Waals surface area contributed by atoms with Crippen molar-refractivity contribution in [3.05, 3.63) is 52.9 Å². The number of amides is 1. The average Bonchev–Trinajstić information content (AvgIpc) is 3.07. The van der Waals surface area contributed by atoms with E-state index in [1.54, 1.807) is 0 Å². The van der Waals surface area contributed by atoms with Gasteiger partial charge in [-0.05, 0) is 28.8 Å². The number of hydrogen-bond donors (Lipinski definition) is 0. The Bertz CT molecular complexity index is 1020. The van der Waals surface area contributed by atoms with Crippen molar-refractivity contribution in [2.75, 3.05) is 11.5 Å². The Hall–Kier alpha value is -1.70. The highest BCUT2D eigenvalue weighted by Gasteiger charge is 2.42. The van der Waals surface area contributed by atoms with Gasteiger partial charge in [-0.15, -0.1) is 0 Å². The Kier molecular flexibility index (Phi) is 4.17. The first-order chi connectivity index (χ1) is 11.9. The predicted octanol–water partition coefficient (Wildman–Crippen LogP) is 3.23. The lowest BCUT2D eigenvalue weighted by molar-refractivity contribution is -0.123. The zero-order chi connectivity index (χ0) is 17.6. The lowest BCUT2D eigenvalue weighted by Gasteiger charge is -2.20. The third-order valence-electron chi connectivity index (χ3n) is 4.51. The molecule has 128 valence electrons. The van der Waals surface area contributed by atoms with Crippen molar-refractivity contribution in [3.63, 3.8) is 0 Å². The van der Waals surface area contributed by atoms with Gasteiger partial charge in [-0.25, -0.2) is 8.42 Å². The van der Waals surface area contributed by atoms with Crippen molar-refractivity contribution in [3.8, 4) is 0 Å². The Morgan fingerprint density at radius 2 is 1.92 bits per heavy atom. The van der Waals surface area contributed by atoms with E-state index >= 15 is 0 Å². The molecule has 2 aromatic rings. The molecule has 1 amide bonds. The summed E-state index contributed by atoms with van der Waals surface area (Å²) in [6.45, 7) is 0. The van der Waals surface area contributed by atoms with Crippen LogP contribution in [0.25, 0.3) is 16.8 Å². The second kappa shape index (κ2) is 6.23. The largest absolute Gasteiger partial charge is 0.289 e. The summed E-state index contributed by atoms with van der Waals surface area (Å²) in [5.74, 6) is -0.0667. The molecule has 0 unspecified atom stereocenters. The Labute approximate surface area is 155 Å². The number of sulfone groups is 1. The highest BCUT2D eigenvalue weighted by Crippen LogP contribution is 2.37. The zero-order valence-corrected chi connectivity index (χ0v) is 15.7. The van der Waals surface area contributed by atoms with Crippen LogP contribution in [0.5, 0.6) is 0 Å². The fraction of sp³-hybridized carbons (Fsp3) is 0.222. The maximum atomic E-state index is 12.8. The van der Waals surface area contributed by atoms with Gasteiger partial charge in [0.05, 0.1) is 22.5 Å². The first-order valence-corrected chi connectivity index (χ1v) is 10.9. The van der Waals surface area contributed by atoms with Crippen LogP contribution in [0.3, 0.4) is 0 Å². The maximum Gasteiger partial charge on any atom is 0.266 e. The number of carbonyl (C=O) groups is 1. The van der Waals surface area contributed by atoms with Gasteiger partial charge in [0.1, 0.15) is 4.32 Å². The van der Waals surface area contributed by atoms with Crippen molar-refractivity contribution in [2.45, 2.75) is 12.5 Å². The molecule has 0 aliphatic carbocycles. The minimum Gasteiger partial charge on any atom is -0.289 e. The molecule has 0 aromatic heterocycles. The minimum atomic E-state index is -3.07. The molecule has 4 nitrogen and oxygen atoms in total. The SMILES string of the molecule is O=C1/C(=C/c2cccc3ccccc23)SC(=S)N1[C@H]1CCS(=O)(=O)C1. The van der Waals surface area contributed by atoms with Crippen molar-refractivity contribution in [1.82, 2.24) is 4.90 Å². The Morgan fingerprint density at radius 3 is 2.68 bits per heavy atom. The first kappa shape index (κ1) is 16.8. The van der Waals surface area contributed by atoms with Crippen molar-refractivity contribution in [1.29, 1.82) is 0 Å². The molecule has 2 aliphatic rings. The zero-order valence-electron chi connectivity index (χ0n) is 13.2. The summed E-state index contributed by atoms with van der Waals surface area (Å²) in [6, 6.07) is 13.6. The van der Waals surface area contributed by atoms with Gasteiger partial charge in [0, 0.05) is 0 Å². The summed E-state index contributed by atoms with van der Waals surface area (Å²) in [5.41, 5.74) is 0.956. The predicted molar refractivity (Wildman–Crippen MR) is 106 cm³/mol. The lowest BCUT2D eigenvalue weighted by Crippen LogP contribution is -2.39. The molecule has 25 heavy (non-hydrogen) atoms. The average molecular weight is 390 g/mol. The van der Waals surface area contributed by atoms with Crippen molar-refractivity contribution >= 4 is 60.9 Å². The molecule has 2 fully saturated rings. The van der Waals surface area contributed by atoms with Gasteiger partial charge in [-0.2, -0.15) is 0 Å². The van der Waals surface area contributed by atoms with Gasteiger partial charge < -0.3 is 0 Å². The van der Waals surface area contributed by atoms with E-state index in [-0.39, 0.29) is 23.5 Å². The molecular formula is C18H15NO3S3. The number of thioether (sulfide) groups is 1. The van der Waals surface area contributed by atoms with Crippen molar-refractivity contribution < 1.29 is 13.2 Å². The number of carbonyl (C=O) groups excluding carboxylic acids is 1. The van der Waals surface area contributed by atoms with Crippen LogP contribution in [0.2, 0.25) is 0 Å². The normalized spacial score (nSPS) is 24.6. The van der Waals surface area contributed by atoms with Crippen LogP contribution in [0.15, 0.2) is 47.4 Å². The number of fused-ring (bicyclic) bond motifs is 1. The monoisotopic (exact) mass is 389 g/mol. The summed E-state index contributed by atoms with van der Waals surface area (Å²) < 4.78 is 23.9. The van der Waals surface area contributed by atoms with Crippen molar-refractivity contribution in [2.24, 2.45) is 0 Å². The summed E-state index contributed by atoms with van der Waals surface area (Å²) >= 11 is 6.60. The van der Waals surface area contributed by atoms with E-state index in [1.807, 2.05) is 48.5 Å². The van der Waals surface area contributed by atoms with Gasteiger partial charge in [-0.3, -0.25) is 9.69 Å². The second-order valence-corrected chi connectivity index (χ2v) is 10.1. The fourth-order valence-corrected chi connectivity index (χ4v) is 6.38. The Morgan fingerprint density at radius 1 is 1.16 bits per heavy atom. The van der Waals surface area contributed by atoms with Crippen LogP contribution in [-0.2, 0) is 14.6 Å². The molecule has 2 aliphatic heterocycles. The molecule has 2 aromatic carbocycles. The van der Waals surface area contributed by atoms with E-state index in [1.165, 1.54) is 16.7 Å². The van der Waals surface area contributed by atoms with Crippen LogP contribution >= 0.6 is 24.0 Å². The quantitative estimate of drug-likeness (QED) is 0.583. The van der Waals surface area contributed by atoms with Crippen LogP contribution in [0, 0.1) is 0 Å². The molecular weight excluding hydrogens is 374 g/mol. The van der Waals surface area contributed by atoms with Gasteiger partial charge in [0.15, 0.2) is 9.84 Å². The summed E-state index contributed by atoms with van der Waals surface area (Å²) in [6.07, 6.45) is 2.31. The molecule has 0 N–H and O–H groups in total. The van der Waals surface area contributed by atoms with Crippen LogP contribution < -0.4 is 0 Å². The number of nitrogens with zero attached hydrogens (tertiary/aromatic N) is 1. The molecule has 7 heteroatoms. The van der Waals surface area contributed by atoms with E-state index in [2.05, 4.69) is 0 Å². The van der Waals surface area contributed by atoms with Crippen LogP contribution in [0.4, 0.5) is 0 Å². The van der Waals surface area contributed by atoms with Crippen LogP contribution in [0.1, 0.15) is 12.0 Å². The van der Waals surface area contributed by atoms with Gasteiger partial charge in [0.2, 0.25) is 0 Å². The molecule has 0 radical (unpaired) electrons. The first-order valence-electron chi connectivity index (χ1n) is 7.90. The molecule has 2 heterocycles.